The second kappa shape index (κ2) is 55.9. The van der Waals surface area contributed by atoms with Crippen LogP contribution >= 0.6 is 35.3 Å². The van der Waals surface area contributed by atoms with Gasteiger partial charge in [0.2, 0.25) is 23.6 Å². The molecular formula is C80H138N4O37S3. The molecule has 28 N–H and O–H groups in total. The average molecular weight is 1840 g/mol. The third kappa shape index (κ3) is 30.4. The van der Waals surface area contributed by atoms with Gasteiger partial charge in [-0.25, -0.2) is 0 Å². The minimum absolute atomic E-state index is 0.0101. The van der Waals surface area contributed by atoms with Gasteiger partial charge >= 0.3 is 0 Å². The Kier molecular flexibility index (Phi) is 49.4. The molecule has 0 aromatic rings. The molecule has 0 aliphatic carbocycles. The molecule has 6 heterocycles. The highest BCUT2D eigenvalue weighted by molar-refractivity contribution is 8.00. The van der Waals surface area contributed by atoms with Gasteiger partial charge in [-0.05, 0) is 31.1 Å². The number of amides is 4. The van der Waals surface area contributed by atoms with Crippen molar-refractivity contribution in [3.05, 3.63) is 0 Å². The van der Waals surface area contributed by atoms with Crippen LogP contribution in [0.4, 0.5) is 0 Å². The molecule has 44 heteroatoms. The van der Waals surface area contributed by atoms with Crippen molar-refractivity contribution in [2.24, 2.45) is 0 Å². The molecule has 0 aromatic heterocycles. The zero-order chi connectivity index (χ0) is 91.3. The smallest absolute Gasteiger partial charge is 0.222 e. The molecule has 0 bridgehead atoms. The minimum Gasteiger partial charge on any atom is -0.394 e. The van der Waals surface area contributed by atoms with Crippen LogP contribution in [0.2, 0.25) is 0 Å². The van der Waals surface area contributed by atoms with E-state index in [1.165, 1.54) is 51.4 Å². The van der Waals surface area contributed by atoms with Crippen LogP contribution in [0.5, 0.6) is 0 Å². The van der Waals surface area contributed by atoms with Crippen LogP contribution in [0.1, 0.15) is 148 Å². The Labute approximate surface area is 734 Å². The molecule has 6 aliphatic rings. The Hall–Kier alpha value is -3.27. The van der Waals surface area contributed by atoms with E-state index in [2.05, 4.69) is 51.9 Å². The lowest BCUT2D eigenvalue weighted by molar-refractivity contribution is -0.337. The zero-order valence-electron chi connectivity index (χ0n) is 70.1. The van der Waals surface area contributed by atoms with E-state index in [-0.39, 0.29) is 82.4 Å². The summed E-state index contributed by atoms with van der Waals surface area (Å²) in [4.78, 5) is 54.3. The molecule has 0 unspecified atom stereocenters. The van der Waals surface area contributed by atoms with Crippen LogP contribution in [-0.2, 0) is 61.8 Å². The van der Waals surface area contributed by atoms with Crippen molar-refractivity contribution in [2.45, 2.75) is 333 Å². The number of aliphatic hydroxyl groups is 24. The van der Waals surface area contributed by atoms with Crippen molar-refractivity contribution in [1.29, 1.82) is 0 Å². The Bertz CT molecular complexity index is 2950. The summed E-state index contributed by atoms with van der Waals surface area (Å²) >= 11 is 2.56. The fourth-order valence-corrected chi connectivity index (χ4v) is 18.8. The number of carbonyl (C=O) groups is 4. The normalized spacial score (nSPS) is 35.8. The Balaban J connectivity index is 1.08. The lowest BCUT2D eigenvalue weighted by Crippen LogP contribution is -2.76. The zero-order valence-corrected chi connectivity index (χ0v) is 72.6. The summed E-state index contributed by atoms with van der Waals surface area (Å²) in [6.07, 6.45) is -28.5. The molecule has 0 spiro atoms. The van der Waals surface area contributed by atoms with E-state index in [4.69, 9.17) is 42.6 Å². The van der Waals surface area contributed by atoms with Gasteiger partial charge in [0.15, 0.2) is 16.8 Å². The number of unbranched alkanes of at least 4 members (excludes halogenated alkanes) is 16. The predicted octanol–water partition coefficient (Wildman–Crippen LogP) is -8.91. The molecule has 0 saturated carbocycles. The number of hydrogen-bond acceptors (Lipinski definition) is 40. The highest BCUT2D eigenvalue weighted by Gasteiger charge is 2.67. The molecular weight excluding hydrogens is 1710 g/mol. The average Bonchev–Trinajstić information content (AvgIpc) is 0.744. The topological polar surface area (TPSA) is 685 Å². The highest BCUT2D eigenvalue weighted by Crippen LogP contribution is 2.45. The molecule has 6 rings (SSSR count). The number of hydrogen-bond donors (Lipinski definition) is 28. The van der Waals surface area contributed by atoms with E-state index in [1.807, 2.05) is 0 Å². The summed E-state index contributed by atoms with van der Waals surface area (Å²) < 4.78 is 52.0. The van der Waals surface area contributed by atoms with E-state index >= 15 is 0 Å². The van der Waals surface area contributed by atoms with Crippen molar-refractivity contribution in [1.82, 2.24) is 21.3 Å². The first kappa shape index (κ1) is 109. The number of nitrogens with one attached hydrogen (secondary N) is 4. The summed E-state index contributed by atoms with van der Waals surface area (Å²) in [7, 11) is 0. The Morgan fingerprint density at radius 3 is 0.911 bits per heavy atom. The van der Waals surface area contributed by atoms with Gasteiger partial charge in [-0.15, -0.1) is 35.3 Å². The monoisotopic (exact) mass is 1840 g/mol. The van der Waals surface area contributed by atoms with Gasteiger partial charge in [0.1, 0.15) is 168 Å². The van der Waals surface area contributed by atoms with Crippen molar-refractivity contribution < 1.29 is 184 Å². The molecule has 30 atom stereocenters. The minimum atomic E-state index is -2.80. The molecule has 6 saturated heterocycles. The van der Waals surface area contributed by atoms with Crippen LogP contribution in [0, 0.1) is 23.7 Å². The SMILES string of the molecule is CCCCCCCCCCCCC#CC#CCCCCCCCCC(=O)NC(COCCC(=O)NCCS[C@@H]1O[C@H](CO)[C@](O)([C@@H]2O[C@H](CO)[C@H](O)[C@H](O)[C@H]2O)[C@H](O)[C@H]1O)(COCCC(=O)NCCS[C@@H]1O[C@H](CO)[C@](O)([C@@H]2O[C@H](CO)[C@H](O)[C@H](O)[C@H]2O)[C@H](O)[C@H]1O)COCCC(=O)NCCS[C@@H]1O[C@H](CO)[C@](O)([C@@H]2O[C@H](CO)[C@H](O)[C@H](O)[C@H]2O)[C@H](O)[C@H]1O. The molecule has 124 heavy (non-hydrogen) atoms. The number of rotatable bonds is 55. The van der Waals surface area contributed by atoms with Gasteiger partial charge in [-0.3, -0.25) is 19.2 Å². The van der Waals surface area contributed by atoms with E-state index in [0.29, 0.717) is 19.3 Å². The Morgan fingerprint density at radius 2 is 0.629 bits per heavy atom. The van der Waals surface area contributed by atoms with Gasteiger partial charge < -0.3 is 186 Å². The molecule has 718 valence electrons. The molecule has 4 amide bonds. The lowest BCUT2D eigenvalue weighted by atomic mass is 9.75. The molecule has 41 nitrogen and oxygen atoms in total. The molecule has 0 radical (unpaired) electrons. The van der Waals surface area contributed by atoms with E-state index in [9.17, 15) is 142 Å². The van der Waals surface area contributed by atoms with Crippen LogP contribution in [-0.4, -0.2) is 448 Å². The fourth-order valence-electron chi connectivity index (χ4n) is 15.8. The summed E-state index contributed by atoms with van der Waals surface area (Å²) in [6.45, 7) is -5.92. The second-order valence-electron chi connectivity index (χ2n) is 32.3. The van der Waals surface area contributed by atoms with E-state index < -0.39 is 268 Å². The molecule has 6 aliphatic heterocycles. The second-order valence-corrected chi connectivity index (χ2v) is 35.9. The quantitative estimate of drug-likeness (QED) is 0.0199. The fraction of sp³-hybridized carbons (Fsp3) is 0.900. The lowest BCUT2D eigenvalue weighted by Gasteiger charge is -2.54. The van der Waals surface area contributed by atoms with E-state index in [1.54, 1.807) is 0 Å². The van der Waals surface area contributed by atoms with Crippen molar-refractivity contribution in [3.8, 4) is 23.7 Å². The number of aliphatic hydroxyl groups excluding tert-OH is 21. The largest absolute Gasteiger partial charge is 0.394 e. The van der Waals surface area contributed by atoms with Gasteiger partial charge in [-0.1, -0.05) is 102 Å². The summed E-state index contributed by atoms with van der Waals surface area (Å²) in [6, 6.07) is 0. The van der Waals surface area contributed by atoms with Crippen molar-refractivity contribution in [2.75, 3.05) is 116 Å². The van der Waals surface area contributed by atoms with Gasteiger partial charge in [0, 0.05) is 75.4 Å². The summed E-state index contributed by atoms with van der Waals surface area (Å²) in [5.74, 6) is 10.00. The van der Waals surface area contributed by atoms with E-state index in [0.717, 1.165) is 80.2 Å². The first-order valence-corrected chi connectivity index (χ1v) is 46.0. The highest BCUT2D eigenvalue weighted by atomic mass is 32.2. The van der Waals surface area contributed by atoms with Crippen molar-refractivity contribution >= 4 is 58.9 Å². The first-order valence-electron chi connectivity index (χ1n) is 42.9. The molecule has 0 aromatic carbocycles. The maximum Gasteiger partial charge on any atom is 0.222 e. The maximum absolute atomic E-state index is 14.2. The van der Waals surface area contributed by atoms with Crippen LogP contribution < -0.4 is 21.3 Å². The third-order valence-corrected chi connectivity index (χ3v) is 26.6. The third-order valence-electron chi connectivity index (χ3n) is 23.1. The van der Waals surface area contributed by atoms with Crippen LogP contribution in [0.15, 0.2) is 0 Å². The van der Waals surface area contributed by atoms with Crippen molar-refractivity contribution in [3.63, 3.8) is 0 Å². The Morgan fingerprint density at radius 1 is 0.347 bits per heavy atom. The van der Waals surface area contributed by atoms with Gasteiger partial charge in [-0.2, -0.15) is 0 Å². The first-order chi connectivity index (χ1) is 59.3. The number of ether oxygens (including phenoxy) is 9. The molecule has 6 fully saturated rings. The summed E-state index contributed by atoms with van der Waals surface area (Å²) in [5.41, 5.74) is -14.1. The van der Waals surface area contributed by atoms with Crippen LogP contribution in [0.25, 0.3) is 0 Å². The van der Waals surface area contributed by atoms with Crippen LogP contribution in [0.3, 0.4) is 0 Å². The predicted molar refractivity (Wildman–Crippen MR) is 442 cm³/mol. The standard InChI is InChI=1S/C80H138N4O37S3/c1-2-3-4-5-6-7-8-9-10-11-12-13-14-15-16-17-18-19-20-21-22-23-24-55(94)84-77(43-113-31-25-52(91)81-28-34-122-74-65(104)68(107)78(110,49(40-88)119-74)71-62(101)59(98)56(95)46(37-85)116-71,44-114-32-26-53(92)82-29-35-123-75-66(105)69(108)79(111,50(41-89)120-75)72-63(102)60(99)57(96)47(38-86)117-72)45-115-33-27-54(93)83-30-36-124-76-67(106)70(109)80(112,51(42-90)121-76)73-64(103)61(100)58(97)48(39-87)118-73/h46-51,56-76,85-90,95-112H,2-12,17-45H2,1H3,(H,81,91)(H,82,92)(H,83,93)(H,84,94)/t46-,47-,48-,49-,50-,51-,56+,57+,58+,59+,60+,61+,62-,63-,64-,65-,66-,67-,68-,69-,70-,71-,72-,73-,74+,75+,76+,78-,79-,80-/m1/s1. The summed E-state index contributed by atoms with van der Waals surface area (Å²) in [5, 5.41) is 268. The maximum atomic E-state index is 14.2. The number of carbonyl (C=O) groups excluding carboxylic acids is 4. The van der Waals surface area contributed by atoms with Gasteiger partial charge in [0.25, 0.3) is 0 Å². The number of thioether (sulfide) groups is 3. The van der Waals surface area contributed by atoms with Gasteiger partial charge in [0.05, 0.1) is 79.3 Å².